The number of quaternary nitrogens is 1. The van der Waals surface area contributed by atoms with Crippen LogP contribution in [0.2, 0.25) is 0 Å². The van der Waals surface area contributed by atoms with Gasteiger partial charge in [0.25, 0.3) is 0 Å². The van der Waals surface area contributed by atoms with Gasteiger partial charge in [0.1, 0.15) is 12.2 Å². The summed E-state index contributed by atoms with van der Waals surface area (Å²) in [7, 11) is 0. The second-order valence-electron chi connectivity index (χ2n) is 6.41. The highest BCUT2D eigenvalue weighted by Gasteiger charge is 2.26. The molecule has 1 aliphatic heterocycles. The van der Waals surface area contributed by atoms with Crippen LogP contribution in [0.25, 0.3) is 0 Å². The number of hydrogen-bond donors (Lipinski definition) is 2. The lowest BCUT2D eigenvalue weighted by Gasteiger charge is -2.27. The van der Waals surface area contributed by atoms with E-state index in [1.807, 2.05) is 35.7 Å². The van der Waals surface area contributed by atoms with Gasteiger partial charge in [0.05, 0.1) is 18.8 Å². The Kier molecular flexibility index (Phi) is 5.45. The molecule has 1 aromatic heterocycles. The lowest BCUT2D eigenvalue weighted by atomic mass is 9.96. The van der Waals surface area contributed by atoms with Gasteiger partial charge in [0.2, 0.25) is 11.8 Å². The number of para-hydroxylation sites is 1. The molecule has 1 saturated heterocycles. The number of likely N-dealkylation sites (tertiary alicyclic amines) is 1. The zero-order valence-corrected chi connectivity index (χ0v) is 15.1. The summed E-state index contributed by atoms with van der Waals surface area (Å²) in [5.41, 5.74) is 7.19. The minimum atomic E-state index is -0.185. The van der Waals surface area contributed by atoms with Crippen LogP contribution in [0.15, 0.2) is 35.7 Å². The maximum absolute atomic E-state index is 12.1. The molecule has 0 unspecified atom stereocenters. The summed E-state index contributed by atoms with van der Waals surface area (Å²) in [5.74, 6) is -0.224. The summed E-state index contributed by atoms with van der Waals surface area (Å²) >= 11 is 1.48. The Bertz CT molecular complexity index is 739. The van der Waals surface area contributed by atoms with Gasteiger partial charge in [-0.1, -0.05) is 18.2 Å². The smallest absolute Gasteiger partial charge is 0.230 e. The minimum absolute atomic E-state index is 0.0148. The van der Waals surface area contributed by atoms with Gasteiger partial charge < -0.3 is 10.6 Å². The molecule has 0 aliphatic carbocycles. The third-order valence-electron chi connectivity index (χ3n) is 4.59. The first-order valence-electron chi connectivity index (χ1n) is 8.47. The molecule has 0 radical (unpaired) electrons. The van der Waals surface area contributed by atoms with Gasteiger partial charge >= 0.3 is 0 Å². The molecule has 132 valence electrons. The quantitative estimate of drug-likeness (QED) is 0.839. The standard InChI is InChI=1S/C18H22N4O2S/c1-13(23)22(16-5-3-2-4-6-16)18-20-15(12-25-18)11-21-9-7-14(8-10-21)17(19)24/h2-6,12,14H,7-11H2,1H3,(H2,19,24)/p+1. The zero-order chi connectivity index (χ0) is 17.8. The molecule has 3 N–H and O–H groups in total. The van der Waals surface area contributed by atoms with Crippen LogP contribution in [0.5, 0.6) is 0 Å². The van der Waals surface area contributed by atoms with Crippen molar-refractivity contribution in [3.05, 3.63) is 41.4 Å². The van der Waals surface area contributed by atoms with Crippen molar-refractivity contribution in [1.29, 1.82) is 0 Å². The number of aromatic nitrogens is 1. The van der Waals surface area contributed by atoms with Crippen molar-refractivity contribution in [1.82, 2.24) is 4.98 Å². The number of nitrogens with one attached hydrogen (secondary N) is 1. The average Bonchev–Trinajstić information content (AvgIpc) is 3.04. The number of nitrogens with zero attached hydrogens (tertiary/aromatic N) is 2. The van der Waals surface area contributed by atoms with Crippen LogP contribution in [0.4, 0.5) is 10.8 Å². The molecule has 0 atom stereocenters. The van der Waals surface area contributed by atoms with E-state index in [-0.39, 0.29) is 17.7 Å². The largest absolute Gasteiger partial charge is 0.369 e. The van der Waals surface area contributed by atoms with E-state index in [9.17, 15) is 9.59 Å². The number of hydrogen-bond acceptors (Lipinski definition) is 4. The highest BCUT2D eigenvalue weighted by Crippen LogP contribution is 2.28. The highest BCUT2D eigenvalue weighted by atomic mass is 32.1. The molecule has 2 amide bonds. The Hall–Kier alpha value is -2.25. The maximum atomic E-state index is 12.1. The molecule has 2 aromatic rings. The molecule has 7 heteroatoms. The highest BCUT2D eigenvalue weighted by molar-refractivity contribution is 7.14. The Labute approximate surface area is 151 Å². The van der Waals surface area contributed by atoms with Crippen LogP contribution in [-0.2, 0) is 16.1 Å². The zero-order valence-electron chi connectivity index (χ0n) is 14.3. The molecule has 1 aromatic carbocycles. The van der Waals surface area contributed by atoms with Crippen LogP contribution in [-0.4, -0.2) is 29.9 Å². The number of anilines is 2. The van der Waals surface area contributed by atoms with E-state index < -0.39 is 0 Å². The van der Waals surface area contributed by atoms with E-state index in [1.165, 1.54) is 16.2 Å². The molecule has 0 bridgehead atoms. The lowest BCUT2D eigenvalue weighted by Crippen LogP contribution is -3.11. The number of carbonyl (C=O) groups is 2. The monoisotopic (exact) mass is 359 g/mol. The fourth-order valence-electron chi connectivity index (χ4n) is 3.23. The molecule has 2 heterocycles. The molecule has 6 nitrogen and oxygen atoms in total. The predicted octanol–water partition coefficient (Wildman–Crippen LogP) is 1.11. The number of piperidine rings is 1. The van der Waals surface area contributed by atoms with Crippen molar-refractivity contribution in [2.45, 2.75) is 26.3 Å². The van der Waals surface area contributed by atoms with Gasteiger partial charge in [-0.25, -0.2) is 4.98 Å². The first kappa shape index (κ1) is 17.6. The fourth-order valence-corrected chi connectivity index (χ4v) is 4.11. The van der Waals surface area contributed by atoms with E-state index in [2.05, 4.69) is 4.98 Å². The fraction of sp³-hybridized carbons (Fsp3) is 0.389. The van der Waals surface area contributed by atoms with Gasteiger partial charge in [-0.05, 0) is 12.1 Å². The van der Waals surface area contributed by atoms with Crippen LogP contribution >= 0.6 is 11.3 Å². The number of thiazole rings is 1. The topological polar surface area (TPSA) is 80.7 Å². The Morgan fingerprint density at radius 2 is 1.96 bits per heavy atom. The van der Waals surface area contributed by atoms with Gasteiger partial charge in [0, 0.05) is 31.1 Å². The van der Waals surface area contributed by atoms with Crippen molar-refractivity contribution in [2.75, 3.05) is 18.0 Å². The van der Waals surface area contributed by atoms with Crippen molar-refractivity contribution >= 4 is 34.0 Å². The summed E-state index contributed by atoms with van der Waals surface area (Å²) in [4.78, 5) is 31.1. The molecular weight excluding hydrogens is 336 g/mol. The molecule has 1 fully saturated rings. The first-order chi connectivity index (χ1) is 12.0. The van der Waals surface area contributed by atoms with E-state index in [0.717, 1.165) is 43.9 Å². The molecule has 1 aliphatic rings. The van der Waals surface area contributed by atoms with Gasteiger partial charge in [-0.2, -0.15) is 0 Å². The average molecular weight is 359 g/mol. The summed E-state index contributed by atoms with van der Waals surface area (Å²) in [6.45, 7) is 4.21. The van der Waals surface area contributed by atoms with Crippen LogP contribution in [0.1, 0.15) is 25.5 Å². The van der Waals surface area contributed by atoms with Crippen LogP contribution < -0.4 is 15.5 Å². The van der Waals surface area contributed by atoms with Crippen molar-refractivity contribution < 1.29 is 14.5 Å². The second-order valence-corrected chi connectivity index (χ2v) is 7.25. The van der Waals surface area contributed by atoms with Crippen molar-refractivity contribution in [2.24, 2.45) is 11.7 Å². The number of amides is 2. The molecule has 0 saturated carbocycles. The third-order valence-corrected chi connectivity index (χ3v) is 5.46. The number of rotatable bonds is 5. The third kappa shape index (κ3) is 4.24. The molecular formula is C18H23N4O2S+. The Balaban J connectivity index is 1.68. The number of carbonyl (C=O) groups excluding carboxylic acids is 2. The van der Waals surface area contributed by atoms with Gasteiger partial charge in [0.15, 0.2) is 5.13 Å². The molecule has 25 heavy (non-hydrogen) atoms. The number of nitrogens with two attached hydrogens (primary N) is 1. The summed E-state index contributed by atoms with van der Waals surface area (Å²) in [5, 5.41) is 2.71. The Morgan fingerprint density at radius 3 is 2.56 bits per heavy atom. The Morgan fingerprint density at radius 1 is 1.28 bits per heavy atom. The van der Waals surface area contributed by atoms with E-state index in [1.54, 1.807) is 11.8 Å². The van der Waals surface area contributed by atoms with Crippen LogP contribution in [0, 0.1) is 5.92 Å². The number of benzene rings is 1. The molecule has 3 rings (SSSR count). The van der Waals surface area contributed by atoms with Crippen molar-refractivity contribution in [3.8, 4) is 0 Å². The van der Waals surface area contributed by atoms with Gasteiger partial charge in [-0.3, -0.25) is 14.5 Å². The van der Waals surface area contributed by atoms with E-state index >= 15 is 0 Å². The van der Waals surface area contributed by atoms with Gasteiger partial charge in [-0.15, -0.1) is 11.3 Å². The number of primary amides is 1. The normalized spacial score (nSPS) is 20.2. The van der Waals surface area contributed by atoms with Crippen molar-refractivity contribution in [3.63, 3.8) is 0 Å². The molecule has 0 spiro atoms. The summed E-state index contributed by atoms with van der Waals surface area (Å²) in [6, 6.07) is 9.55. The second kappa shape index (κ2) is 7.76. The van der Waals surface area contributed by atoms with E-state index in [4.69, 9.17) is 5.73 Å². The lowest BCUT2D eigenvalue weighted by molar-refractivity contribution is -0.919. The maximum Gasteiger partial charge on any atom is 0.230 e. The van der Waals surface area contributed by atoms with Crippen LogP contribution in [0.3, 0.4) is 0 Å². The predicted molar refractivity (Wildman–Crippen MR) is 97.7 cm³/mol. The minimum Gasteiger partial charge on any atom is -0.369 e. The summed E-state index contributed by atoms with van der Waals surface area (Å²) in [6.07, 6.45) is 1.68. The first-order valence-corrected chi connectivity index (χ1v) is 9.35. The SMILES string of the molecule is CC(=O)N(c1ccccc1)c1nc(C[NH+]2CCC(C(N)=O)CC2)cs1. The summed E-state index contributed by atoms with van der Waals surface area (Å²) < 4.78 is 0. The van der Waals surface area contributed by atoms with E-state index in [0.29, 0.717) is 5.13 Å².